The highest BCUT2D eigenvalue weighted by Crippen LogP contribution is 2.27. The standard InChI is InChI=1S/C17H31N5S.HI/c1-6-19-16(20-12-17(3,4)23-5)21-9-7-14(2)15(11-21)22-10-8-18-13-22;/h8,10,13-15H,6-7,9,11-12H2,1-5H3,(H,19,20);1H. The first kappa shape index (κ1) is 21.6. The molecule has 0 radical (unpaired) electrons. The van der Waals surface area contributed by atoms with Crippen LogP contribution in [0.1, 0.15) is 40.2 Å². The van der Waals surface area contributed by atoms with Gasteiger partial charge < -0.3 is 14.8 Å². The molecule has 1 aromatic heterocycles. The molecule has 138 valence electrons. The molecule has 0 amide bonds. The Bertz CT molecular complexity index is 503. The molecule has 2 atom stereocenters. The highest BCUT2D eigenvalue weighted by Gasteiger charge is 2.29. The Morgan fingerprint density at radius 1 is 1.46 bits per heavy atom. The van der Waals surface area contributed by atoms with Crippen LogP contribution in [0.3, 0.4) is 0 Å². The minimum absolute atomic E-state index is 0. The molecule has 2 unspecified atom stereocenters. The van der Waals surface area contributed by atoms with Gasteiger partial charge in [0.1, 0.15) is 0 Å². The van der Waals surface area contributed by atoms with Crippen molar-refractivity contribution in [2.75, 3.05) is 32.4 Å². The van der Waals surface area contributed by atoms with Gasteiger partial charge in [0.2, 0.25) is 0 Å². The van der Waals surface area contributed by atoms with Crippen molar-refractivity contribution in [3.8, 4) is 0 Å². The first-order valence-electron chi connectivity index (χ1n) is 8.52. The molecule has 2 rings (SSSR count). The monoisotopic (exact) mass is 465 g/mol. The molecule has 0 aromatic carbocycles. The maximum atomic E-state index is 4.91. The number of aromatic nitrogens is 2. The van der Waals surface area contributed by atoms with Gasteiger partial charge >= 0.3 is 0 Å². The van der Waals surface area contributed by atoms with E-state index < -0.39 is 0 Å². The van der Waals surface area contributed by atoms with E-state index in [-0.39, 0.29) is 28.7 Å². The van der Waals surface area contributed by atoms with Crippen LogP contribution in [0.25, 0.3) is 0 Å². The molecular formula is C17H32IN5S. The second-order valence-electron chi connectivity index (χ2n) is 6.92. The highest BCUT2D eigenvalue weighted by molar-refractivity contribution is 14.0. The van der Waals surface area contributed by atoms with Crippen LogP contribution in [0.5, 0.6) is 0 Å². The lowest BCUT2D eigenvalue weighted by Gasteiger charge is -2.39. The number of nitrogens with zero attached hydrogens (tertiary/aromatic N) is 4. The third kappa shape index (κ3) is 5.82. The molecule has 1 aliphatic rings. The predicted octanol–water partition coefficient (Wildman–Crippen LogP) is 3.49. The first-order valence-corrected chi connectivity index (χ1v) is 9.75. The molecule has 1 aromatic rings. The Hall–Kier alpha value is -0.440. The Morgan fingerprint density at radius 3 is 2.79 bits per heavy atom. The van der Waals surface area contributed by atoms with Crippen LogP contribution < -0.4 is 5.32 Å². The number of thioether (sulfide) groups is 1. The summed E-state index contributed by atoms with van der Waals surface area (Å²) in [7, 11) is 0. The quantitative estimate of drug-likeness (QED) is 0.411. The van der Waals surface area contributed by atoms with E-state index in [9.17, 15) is 0 Å². The number of aliphatic imine (C=N–C) groups is 1. The van der Waals surface area contributed by atoms with E-state index >= 15 is 0 Å². The molecule has 0 saturated carbocycles. The molecule has 5 nitrogen and oxygen atoms in total. The second kappa shape index (κ2) is 9.89. The zero-order valence-corrected chi connectivity index (χ0v) is 18.7. The van der Waals surface area contributed by atoms with E-state index in [0.717, 1.165) is 32.1 Å². The minimum Gasteiger partial charge on any atom is -0.357 e. The highest BCUT2D eigenvalue weighted by atomic mass is 127. The predicted molar refractivity (Wildman–Crippen MR) is 116 cm³/mol. The summed E-state index contributed by atoms with van der Waals surface area (Å²) in [6.07, 6.45) is 9.21. The zero-order valence-electron chi connectivity index (χ0n) is 15.5. The first-order chi connectivity index (χ1) is 11.0. The number of hydrogen-bond donors (Lipinski definition) is 1. The van der Waals surface area contributed by atoms with Gasteiger partial charge in [-0.1, -0.05) is 6.92 Å². The van der Waals surface area contributed by atoms with E-state index in [0.29, 0.717) is 12.0 Å². The number of halogens is 1. The maximum absolute atomic E-state index is 4.91. The molecule has 0 bridgehead atoms. The maximum Gasteiger partial charge on any atom is 0.194 e. The molecule has 1 aliphatic heterocycles. The fraction of sp³-hybridized carbons (Fsp3) is 0.765. The van der Waals surface area contributed by atoms with E-state index in [4.69, 9.17) is 4.99 Å². The summed E-state index contributed by atoms with van der Waals surface area (Å²) >= 11 is 1.87. The third-order valence-corrected chi connectivity index (χ3v) is 5.86. The van der Waals surface area contributed by atoms with Crippen LogP contribution in [0.2, 0.25) is 0 Å². The van der Waals surface area contributed by atoms with Crippen LogP contribution in [0.15, 0.2) is 23.7 Å². The molecule has 1 fully saturated rings. The number of imidazole rings is 1. The Balaban J connectivity index is 0.00000288. The van der Waals surface area contributed by atoms with E-state index in [1.165, 1.54) is 6.42 Å². The summed E-state index contributed by atoms with van der Waals surface area (Å²) in [6, 6.07) is 0.462. The normalized spacial score (nSPS) is 22.2. The number of piperidine rings is 1. The molecule has 0 spiro atoms. The van der Waals surface area contributed by atoms with Crippen LogP contribution in [0, 0.1) is 5.92 Å². The van der Waals surface area contributed by atoms with Crippen molar-refractivity contribution >= 4 is 41.7 Å². The fourth-order valence-corrected chi connectivity index (χ4v) is 3.04. The number of likely N-dealkylation sites (tertiary alicyclic amines) is 1. The second-order valence-corrected chi connectivity index (χ2v) is 8.44. The average molecular weight is 465 g/mol. The molecule has 1 N–H and O–H groups in total. The van der Waals surface area contributed by atoms with Crippen molar-refractivity contribution in [1.82, 2.24) is 19.8 Å². The van der Waals surface area contributed by atoms with E-state index in [1.807, 2.05) is 24.3 Å². The lowest BCUT2D eigenvalue weighted by Crippen LogP contribution is -2.49. The van der Waals surface area contributed by atoms with Crippen molar-refractivity contribution < 1.29 is 0 Å². The average Bonchev–Trinajstić information content (AvgIpc) is 3.06. The summed E-state index contributed by atoms with van der Waals surface area (Å²) in [5, 5.41) is 3.47. The van der Waals surface area contributed by atoms with Crippen LogP contribution in [0.4, 0.5) is 0 Å². The number of hydrogen-bond acceptors (Lipinski definition) is 3. The van der Waals surface area contributed by atoms with Crippen molar-refractivity contribution in [1.29, 1.82) is 0 Å². The molecule has 24 heavy (non-hydrogen) atoms. The van der Waals surface area contributed by atoms with Gasteiger partial charge in [0.25, 0.3) is 0 Å². The molecular weight excluding hydrogens is 433 g/mol. The molecule has 7 heteroatoms. The van der Waals surface area contributed by atoms with Gasteiger partial charge in [-0.25, -0.2) is 4.98 Å². The summed E-state index contributed by atoms with van der Waals surface area (Å²) in [6.45, 7) is 12.8. The number of rotatable bonds is 5. The van der Waals surface area contributed by atoms with E-state index in [2.05, 4.69) is 59.9 Å². The third-order valence-electron chi connectivity index (χ3n) is 4.62. The smallest absolute Gasteiger partial charge is 0.194 e. The van der Waals surface area contributed by atoms with Gasteiger partial charge in [0, 0.05) is 36.8 Å². The Kier molecular flexibility index (Phi) is 8.90. The summed E-state index contributed by atoms with van der Waals surface area (Å²) in [5.41, 5.74) is 0. The lowest BCUT2D eigenvalue weighted by atomic mass is 9.93. The lowest BCUT2D eigenvalue weighted by molar-refractivity contribution is 0.189. The van der Waals surface area contributed by atoms with Gasteiger partial charge in [-0.15, -0.1) is 24.0 Å². The minimum atomic E-state index is 0. The van der Waals surface area contributed by atoms with Gasteiger partial charge in [0.15, 0.2) is 5.96 Å². The summed E-state index contributed by atoms with van der Waals surface area (Å²) in [4.78, 5) is 11.5. The van der Waals surface area contributed by atoms with Gasteiger partial charge in [0.05, 0.1) is 18.9 Å². The Morgan fingerprint density at radius 2 is 2.21 bits per heavy atom. The molecule has 0 aliphatic carbocycles. The fourth-order valence-electron chi connectivity index (χ4n) is 2.85. The molecule has 1 saturated heterocycles. The van der Waals surface area contributed by atoms with Crippen molar-refractivity contribution in [2.24, 2.45) is 10.9 Å². The summed E-state index contributed by atoms with van der Waals surface area (Å²) in [5.74, 6) is 1.71. The van der Waals surface area contributed by atoms with Gasteiger partial charge in [-0.05, 0) is 39.4 Å². The van der Waals surface area contributed by atoms with Gasteiger partial charge in [-0.2, -0.15) is 11.8 Å². The van der Waals surface area contributed by atoms with Crippen molar-refractivity contribution in [3.63, 3.8) is 0 Å². The van der Waals surface area contributed by atoms with Crippen LogP contribution >= 0.6 is 35.7 Å². The van der Waals surface area contributed by atoms with Gasteiger partial charge in [-0.3, -0.25) is 4.99 Å². The van der Waals surface area contributed by atoms with Crippen molar-refractivity contribution in [2.45, 2.75) is 44.9 Å². The number of nitrogens with one attached hydrogen (secondary N) is 1. The zero-order chi connectivity index (χ0) is 16.9. The van der Waals surface area contributed by atoms with E-state index in [1.54, 1.807) is 0 Å². The SMILES string of the molecule is CCNC(=NCC(C)(C)SC)N1CCC(C)C(n2ccnc2)C1.I. The largest absolute Gasteiger partial charge is 0.357 e. The molecule has 2 heterocycles. The number of guanidine groups is 1. The van der Waals surface area contributed by atoms with Crippen LogP contribution in [-0.4, -0.2) is 57.6 Å². The van der Waals surface area contributed by atoms with Crippen molar-refractivity contribution in [3.05, 3.63) is 18.7 Å². The Labute approximate surface area is 168 Å². The topological polar surface area (TPSA) is 45.5 Å². The summed E-state index contributed by atoms with van der Waals surface area (Å²) < 4.78 is 2.42. The van der Waals surface area contributed by atoms with Crippen LogP contribution in [-0.2, 0) is 0 Å².